The third-order valence-electron chi connectivity index (χ3n) is 2.28. The summed E-state index contributed by atoms with van der Waals surface area (Å²) in [5.41, 5.74) is -0.440. The minimum atomic E-state index is -0.440. The van der Waals surface area contributed by atoms with Crippen LogP contribution in [0.25, 0.3) is 0 Å². The lowest BCUT2D eigenvalue weighted by Gasteiger charge is -2.23. The van der Waals surface area contributed by atoms with Gasteiger partial charge in [0.1, 0.15) is 5.60 Å². The Balaban J connectivity index is 3.94. The molecule has 0 aromatic carbocycles. The molecular weight excluding hydrogens is 246 g/mol. The van der Waals surface area contributed by atoms with Crippen LogP contribution in [0.15, 0.2) is 0 Å². The average Bonchev–Trinajstić information content (AvgIpc) is 2.27. The van der Waals surface area contributed by atoms with Crippen molar-refractivity contribution < 1.29 is 19.0 Å². The second kappa shape index (κ2) is 9.28. The van der Waals surface area contributed by atoms with Crippen molar-refractivity contribution in [1.82, 2.24) is 5.32 Å². The minimum Gasteiger partial charge on any atom is -0.460 e. The van der Waals surface area contributed by atoms with E-state index in [9.17, 15) is 4.79 Å². The van der Waals surface area contributed by atoms with E-state index in [4.69, 9.17) is 14.2 Å². The lowest BCUT2D eigenvalue weighted by atomic mass is 10.1. The summed E-state index contributed by atoms with van der Waals surface area (Å²) >= 11 is 0. The molecule has 0 aromatic heterocycles. The maximum atomic E-state index is 11.8. The zero-order valence-electron chi connectivity index (χ0n) is 13.1. The van der Waals surface area contributed by atoms with Gasteiger partial charge < -0.3 is 19.5 Å². The van der Waals surface area contributed by atoms with Crippen molar-refractivity contribution in [2.24, 2.45) is 5.92 Å². The minimum absolute atomic E-state index is 0.190. The van der Waals surface area contributed by atoms with E-state index in [0.29, 0.717) is 26.3 Å². The largest absolute Gasteiger partial charge is 0.460 e. The molecule has 0 aliphatic carbocycles. The van der Waals surface area contributed by atoms with Crippen LogP contribution in [0.3, 0.4) is 0 Å². The highest BCUT2D eigenvalue weighted by atomic mass is 16.7. The fraction of sp³-hybridized carbons (Fsp3) is 0.929. The number of ether oxygens (including phenoxy) is 3. The second-order valence-corrected chi connectivity index (χ2v) is 5.43. The number of nitrogens with one attached hydrogen (secondary N) is 1. The Morgan fingerprint density at radius 3 is 2.05 bits per heavy atom. The first kappa shape index (κ1) is 18.4. The van der Waals surface area contributed by atoms with Crippen molar-refractivity contribution in [2.45, 2.75) is 53.4 Å². The van der Waals surface area contributed by atoms with Crippen molar-refractivity contribution in [3.05, 3.63) is 0 Å². The van der Waals surface area contributed by atoms with Gasteiger partial charge in [-0.05, 0) is 34.6 Å². The number of hydrogen-bond acceptors (Lipinski definition) is 5. The van der Waals surface area contributed by atoms with Crippen LogP contribution in [0, 0.1) is 5.92 Å². The monoisotopic (exact) mass is 275 g/mol. The summed E-state index contributed by atoms with van der Waals surface area (Å²) in [7, 11) is 0. The lowest BCUT2D eigenvalue weighted by molar-refractivity contribution is -0.159. The predicted molar refractivity (Wildman–Crippen MR) is 74.9 cm³/mol. The molecular formula is C14H29NO4. The van der Waals surface area contributed by atoms with Crippen LogP contribution in [0.5, 0.6) is 0 Å². The van der Waals surface area contributed by atoms with Crippen LogP contribution in [0.2, 0.25) is 0 Å². The summed E-state index contributed by atoms with van der Waals surface area (Å²) in [4.78, 5) is 11.8. The molecule has 0 saturated heterocycles. The molecule has 0 heterocycles. The Labute approximate surface area is 117 Å². The van der Waals surface area contributed by atoms with Crippen molar-refractivity contribution in [3.8, 4) is 0 Å². The third kappa shape index (κ3) is 9.87. The molecule has 0 aliphatic heterocycles. The van der Waals surface area contributed by atoms with Crippen molar-refractivity contribution in [1.29, 1.82) is 0 Å². The lowest BCUT2D eigenvalue weighted by Crippen LogP contribution is -2.37. The molecule has 1 atom stereocenters. The van der Waals surface area contributed by atoms with Gasteiger partial charge in [0.15, 0.2) is 6.29 Å². The molecule has 0 amide bonds. The Morgan fingerprint density at radius 1 is 1.11 bits per heavy atom. The topological polar surface area (TPSA) is 56.8 Å². The van der Waals surface area contributed by atoms with Gasteiger partial charge in [-0.3, -0.25) is 4.79 Å². The first-order valence-electron chi connectivity index (χ1n) is 6.96. The van der Waals surface area contributed by atoms with Gasteiger partial charge in [0.2, 0.25) is 0 Å². The van der Waals surface area contributed by atoms with Crippen LogP contribution in [0.1, 0.15) is 41.5 Å². The van der Waals surface area contributed by atoms with Crippen LogP contribution in [-0.4, -0.2) is 44.2 Å². The molecule has 0 rings (SSSR count). The summed E-state index contributed by atoms with van der Waals surface area (Å²) in [5.74, 6) is -0.382. The summed E-state index contributed by atoms with van der Waals surface area (Å²) in [6.45, 7) is 13.6. The molecule has 5 nitrogen and oxygen atoms in total. The molecule has 0 fully saturated rings. The van der Waals surface area contributed by atoms with Gasteiger partial charge in [0.25, 0.3) is 0 Å². The van der Waals surface area contributed by atoms with Gasteiger partial charge >= 0.3 is 5.97 Å². The Bertz CT molecular complexity index is 244. The first-order valence-corrected chi connectivity index (χ1v) is 6.96. The van der Waals surface area contributed by atoms with Gasteiger partial charge in [0, 0.05) is 26.3 Å². The van der Waals surface area contributed by atoms with Crippen LogP contribution < -0.4 is 5.32 Å². The van der Waals surface area contributed by atoms with Crippen molar-refractivity contribution in [2.75, 3.05) is 26.3 Å². The van der Waals surface area contributed by atoms with E-state index in [1.54, 1.807) is 0 Å². The SMILES string of the molecule is CCOC(CNC[C@H](C)C(=O)OC(C)(C)C)OCC. The van der Waals surface area contributed by atoms with Gasteiger partial charge in [-0.25, -0.2) is 0 Å². The molecule has 1 N–H and O–H groups in total. The number of hydrogen-bond donors (Lipinski definition) is 1. The van der Waals surface area contributed by atoms with Gasteiger partial charge in [0.05, 0.1) is 5.92 Å². The molecule has 5 heteroatoms. The van der Waals surface area contributed by atoms with Gasteiger partial charge in [-0.1, -0.05) is 6.92 Å². The average molecular weight is 275 g/mol. The van der Waals surface area contributed by atoms with Gasteiger partial charge in [-0.2, -0.15) is 0 Å². The Morgan fingerprint density at radius 2 is 1.63 bits per heavy atom. The summed E-state index contributed by atoms with van der Waals surface area (Å²) in [5, 5.41) is 3.17. The normalized spacial score (nSPS) is 13.6. The van der Waals surface area contributed by atoms with Crippen LogP contribution in [-0.2, 0) is 19.0 Å². The summed E-state index contributed by atoms with van der Waals surface area (Å²) in [6, 6.07) is 0. The fourth-order valence-corrected chi connectivity index (χ4v) is 1.44. The highest BCUT2D eigenvalue weighted by Gasteiger charge is 2.21. The van der Waals surface area contributed by atoms with E-state index in [1.165, 1.54) is 0 Å². The van der Waals surface area contributed by atoms with E-state index >= 15 is 0 Å². The molecule has 0 aromatic rings. The van der Waals surface area contributed by atoms with E-state index < -0.39 is 5.60 Å². The van der Waals surface area contributed by atoms with Crippen LogP contribution >= 0.6 is 0 Å². The molecule has 19 heavy (non-hydrogen) atoms. The Kier molecular flexibility index (Phi) is 8.97. The maximum absolute atomic E-state index is 11.8. The summed E-state index contributed by atoms with van der Waals surface area (Å²) < 4.78 is 16.1. The number of carbonyl (C=O) groups excluding carboxylic acids is 1. The number of rotatable bonds is 9. The number of carbonyl (C=O) groups is 1. The van der Waals surface area contributed by atoms with E-state index in [2.05, 4.69) is 5.32 Å². The summed E-state index contributed by atoms with van der Waals surface area (Å²) in [6.07, 6.45) is -0.263. The smallest absolute Gasteiger partial charge is 0.310 e. The molecule has 0 spiro atoms. The highest BCUT2D eigenvalue weighted by Crippen LogP contribution is 2.10. The van der Waals surface area contributed by atoms with Crippen molar-refractivity contribution >= 4 is 5.97 Å². The fourth-order valence-electron chi connectivity index (χ4n) is 1.44. The quantitative estimate of drug-likeness (QED) is 0.515. The predicted octanol–water partition coefficient (Wildman–Crippen LogP) is 1.95. The maximum Gasteiger partial charge on any atom is 0.310 e. The van der Waals surface area contributed by atoms with Gasteiger partial charge in [-0.15, -0.1) is 0 Å². The molecule has 0 bridgehead atoms. The molecule has 0 saturated carbocycles. The Hall–Kier alpha value is -0.650. The highest BCUT2D eigenvalue weighted by molar-refractivity contribution is 5.72. The van der Waals surface area contributed by atoms with Crippen LogP contribution in [0.4, 0.5) is 0 Å². The third-order valence-corrected chi connectivity index (χ3v) is 2.28. The second-order valence-electron chi connectivity index (χ2n) is 5.43. The standard InChI is InChI=1S/C14H29NO4/c1-7-17-12(18-8-2)10-15-9-11(3)13(16)19-14(4,5)6/h11-12,15H,7-10H2,1-6H3/t11-/m0/s1. The van der Waals surface area contributed by atoms with Crippen molar-refractivity contribution in [3.63, 3.8) is 0 Å². The molecule has 0 unspecified atom stereocenters. The zero-order chi connectivity index (χ0) is 14.9. The van der Waals surface area contributed by atoms with E-state index in [-0.39, 0.29) is 18.2 Å². The van der Waals surface area contributed by atoms with E-state index in [0.717, 1.165) is 0 Å². The molecule has 0 aliphatic rings. The molecule has 114 valence electrons. The number of esters is 1. The zero-order valence-corrected chi connectivity index (χ0v) is 13.1. The molecule has 0 radical (unpaired) electrons. The first-order chi connectivity index (χ1) is 8.80. The van der Waals surface area contributed by atoms with E-state index in [1.807, 2.05) is 41.5 Å².